The number of rotatable bonds is 4. The van der Waals surface area contributed by atoms with Crippen LogP contribution in [0.1, 0.15) is 33.3 Å². The van der Waals surface area contributed by atoms with Crippen LogP contribution in [0.25, 0.3) is 0 Å². The molecule has 0 fully saturated rings. The maximum absolute atomic E-state index is 13.5. The van der Waals surface area contributed by atoms with Crippen LogP contribution in [0, 0.1) is 23.0 Å². The van der Waals surface area contributed by atoms with Crippen molar-refractivity contribution in [3.8, 4) is 6.07 Å². The van der Waals surface area contributed by atoms with E-state index in [2.05, 4.69) is 0 Å². The van der Waals surface area contributed by atoms with E-state index in [0.717, 1.165) is 12.1 Å². The quantitative estimate of drug-likeness (QED) is 0.811. The van der Waals surface area contributed by atoms with E-state index in [9.17, 15) is 18.9 Å². The molecule has 0 aliphatic carbocycles. The predicted octanol–water partition coefficient (Wildman–Crippen LogP) is 1.09. The lowest BCUT2D eigenvalue weighted by atomic mass is 9.76. The number of nitriles is 1. The molecule has 0 saturated carbocycles. The van der Waals surface area contributed by atoms with Gasteiger partial charge in [0.1, 0.15) is 23.3 Å². The molecule has 0 aliphatic heterocycles. The molecule has 0 heterocycles. The Morgan fingerprint density at radius 3 is 2.00 bits per heavy atom. The molecule has 0 radical (unpaired) electrons. The number of nitrogens with zero attached hydrogens (tertiary/aromatic N) is 1. The summed E-state index contributed by atoms with van der Waals surface area (Å²) in [5.74, 6) is -2.16. The van der Waals surface area contributed by atoms with E-state index in [1.807, 2.05) is 0 Å². The van der Waals surface area contributed by atoms with Crippen molar-refractivity contribution in [2.75, 3.05) is 0 Å². The van der Waals surface area contributed by atoms with Crippen LogP contribution in [-0.2, 0) is 4.65 Å². The first-order chi connectivity index (χ1) is 8.99. The van der Waals surface area contributed by atoms with Crippen molar-refractivity contribution >= 4 is 12.6 Å². The van der Waals surface area contributed by atoms with Gasteiger partial charge in [0.15, 0.2) is 0 Å². The minimum absolute atomic E-state index is 0.170. The van der Waals surface area contributed by atoms with E-state index in [-0.39, 0.29) is 5.46 Å². The second-order valence-electron chi connectivity index (χ2n) is 5.51. The number of aliphatic hydroxyl groups is 1. The highest BCUT2D eigenvalue weighted by atomic mass is 19.1. The third kappa shape index (κ3) is 3.34. The van der Waals surface area contributed by atoms with Gasteiger partial charge in [-0.3, -0.25) is 0 Å². The lowest BCUT2D eigenvalue weighted by Crippen LogP contribution is -2.53. The van der Waals surface area contributed by atoms with Gasteiger partial charge in [0.05, 0.1) is 11.2 Å². The smallest absolute Gasteiger partial charge is 0.423 e. The van der Waals surface area contributed by atoms with E-state index in [4.69, 9.17) is 9.92 Å². The van der Waals surface area contributed by atoms with Crippen LogP contribution in [0.15, 0.2) is 12.1 Å². The van der Waals surface area contributed by atoms with Crippen molar-refractivity contribution in [2.45, 2.75) is 38.9 Å². The second-order valence-corrected chi connectivity index (χ2v) is 5.51. The fourth-order valence-electron chi connectivity index (χ4n) is 1.33. The molecule has 0 atom stereocenters. The van der Waals surface area contributed by atoms with Crippen molar-refractivity contribution in [3.05, 3.63) is 29.3 Å². The minimum Gasteiger partial charge on any atom is -0.423 e. The fourth-order valence-corrected chi connectivity index (χ4v) is 1.33. The molecule has 1 aromatic rings. The zero-order chi connectivity index (χ0) is 15.7. The molecular formula is C13H16BF2NO3. The molecule has 0 aliphatic rings. The summed E-state index contributed by atoms with van der Waals surface area (Å²) in [6.45, 7) is 6.04. The Kier molecular flexibility index (Phi) is 4.54. The van der Waals surface area contributed by atoms with Crippen LogP contribution >= 0.6 is 0 Å². The van der Waals surface area contributed by atoms with E-state index >= 15 is 0 Å². The largest absolute Gasteiger partial charge is 0.491 e. The molecule has 108 valence electrons. The van der Waals surface area contributed by atoms with Gasteiger partial charge >= 0.3 is 7.12 Å². The molecule has 7 heteroatoms. The number of benzene rings is 1. The van der Waals surface area contributed by atoms with Gasteiger partial charge in [-0.15, -0.1) is 0 Å². The Hall–Kier alpha value is -1.49. The van der Waals surface area contributed by atoms with Crippen LogP contribution < -0.4 is 5.46 Å². The van der Waals surface area contributed by atoms with E-state index in [1.165, 1.54) is 33.8 Å². The first-order valence-electron chi connectivity index (χ1n) is 5.97. The van der Waals surface area contributed by atoms with Crippen LogP contribution in [-0.4, -0.2) is 28.5 Å². The monoisotopic (exact) mass is 283 g/mol. The summed E-state index contributed by atoms with van der Waals surface area (Å²) in [5, 5.41) is 28.4. The molecule has 0 amide bonds. The van der Waals surface area contributed by atoms with Crippen LogP contribution in [0.5, 0.6) is 0 Å². The van der Waals surface area contributed by atoms with Gasteiger partial charge in [-0.05, 0) is 45.3 Å². The molecule has 0 aromatic heterocycles. The molecule has 20 heavy (non-hydrogen) atoms. The Morgan fingerprint density at radius 1 is 1.20 bits per heavy atom. The summed E-state index contributed by atoms with van der Waals surface area (Å²) in [4.78, 5) is 0. The summed E-state index contributed by atoms with van der Waals surface area (Å²) in [6, 6.07) is 3.04. The Balaban J connectivity index is 3.06. The summed E-state index contributed by atoms with van der Waals surface area (Å²) in [5.41, 5.74) is -3.33. The molecule has 4 nitrogen and oxygen atoms in total. The molecule has 0 saturated heterocycles. The molecule has 0 bridgehead atoms. The van der Waals surface area contributed by atoms with Gasteiger partial charge in [0.25, 0.3) is 0 Å². The van der Waals surface area contributed by atoms with Gasteiger partial charge in [0, 0.05) is 0 Å². The van der Waals surface area contributed by atoms with Gasteiger partial charge in [0.2, 0.25) is 0 Å². The fraction of sp³-hybridized carbons (Fsp3) is 0.462. The Bertz CT molecular complexity index is 527. The standard InChI is InChI=1S/C13H16BF2NO3/c1-12(2,18)13(3,4)20-14(19)8-5-10(15)9(7-17)11(16)6-8/h5-6,18-19H,1-4H3. The van der Waals surface area contributed by atoms with Crippen LogP contribution in [0.2, 0.25) is 0 Å². The molecule has 0 spiro atoms. The van der Waals surface area contributed by atoms with Crippen molar-refractivity contribution in [3.63, 3.8) is 0 Å². The molecule has 1 aromatic carbocycles. The average molecular weight is 283 g/mol. The first-order valence-corrected chi connectivity index (χ1v) is 5.97. The van der Waals surface area contributed by atoms with Gasteiger partial charge in [-0.2, -0.15) is 5.26 Å². The van der Waals surface area contributed by atoms with Gasteiger partial charge < -0.3 is 14.8 Å². The van der Waals surface area contributed by atoms with Crippen molar-refractivity contribution in [2.24, 2.45) is 0 Å². The normalized spacial score (nSPS) is 12.2. The SMILES string of the molecule is CC(C)(O)C(C)(C)OB(O)c1cc(F)c(C#N)c(F)c1. The molecular weight excluding hydrogens is 267 g/mol. The van der Waals surface area contributed by atoms with E-state index in [0.29, 0.717) is 0 Å². The van der Waals surface area contributed by atoms with Crippen molar-refractivity contribution < 1.29 is 23.6 Å². The highest BCUT2D eigenvalue weighted by Gasteiger charge is 2.39. The van der Waals surface area contributed by atoms with Gasteiger partial charge in [-0.1, -0.05) is 0 Å². The van der Waals surface area contributed by atoms with Crippen LogP contribution in [0.4, 0.5) is 8.78 Å². The molecule has 2 N–H and O–H groups in total. The minimum atomic E-state index is -1.63. The van der Waals surface area contributed by atoms with Crippen molar-refractivity contribution in [1.82, 2.24) is 0 Å². The zero-order valence-electron chi connectivity index (χ0n) is 11.7. The second kappa shape index (κ2) is 5.48. The lowest BCUT2D eigenvalue weighted by molar-refractivity contribution is -0.0982. The Labute approximate surface area is 116 Å². The first kappa shape index (κ1) is 16.6. The number of hydrogen-bond donors (Lipinski definition) is 2. The Morgan fingerprint density at radius 2 is 1.65 bits per heavy atom. The lowest BCUT2D eigenvalue weighted by Gasteiger charge is -2.38. The third-order valence-corrected chi connectivity index (χ3v) is 3.34. The van der Waals surface area contributed by atoms with Crippen molar-refractivity contribution in [1.29, 1.82) is 5.26 Å². The summed E-state index contributed by atoms with van der Waals surface area (Å²) in [6.07, 6.45) is 0. The topological polar surface area (TPSA) is 73.5 Å². The third-order valence-electron chi connectivity index (χ3n) is 3.34. The maximum atomic E-state index is 13.5. The zero-order valence-corrected chi connectivity index (χ0v) is 11.7. The number of hydrogen-bond acceptors (Lipinski definition) is 4. The van der Waals surface area contributed by atoms with Crippen LogP contribution in [0.3, 0.4) is 0 Å². The predicted molar refractivity (Wildman–Crippen MR) is 70.1 cm³/mol. The summed E-state index contributed by atoms with van der Waals surface area (Å²) >= 11 is 0. The summed E-state index contributed by atoms with van der Waals surface area (Å²) in [7, 11) is -1.63. The maximum Gasteiger partial charge on any atom is 0.491 e. The molecule has 1 rings (SSSR count). The van der Waals surface area contributed by atoms with E-state index < -0.39 is 35.5 Å². The summed E-state index contributed by atoms with van der Waals surface area (Å²) < 4.78 is 32.2. The van der Waals surface area contributed by atoms with E-state index in [1.54, 1.807) is 0 Å². The highest BCUT2D eigenvalue weighted by Crippen LogP contribution is 2.25. The highest BCUT2D eigenvalue weighted by molar-refractivity contribution is 6.60. The number of halogens is 2. The van der Waals surface area contributed by atoms with Gasteiger partial charge in [-0.25, -0.2) is 8.78 Å². The molecule has 0 unspecified atom stereocenters. The average Bonchev–Trinajstić information content (AvgIpc) is 2.26.